The highest BCUT2D eigenvalue weighted by atomic mass is 16.5. The lowest BCUT2D eigenvalue weighted by atomic mass is 9.51. The van der Waals surface area contributed by atoms with Crippen LogP contribution in [0.25, 0.3) is 0 Å². The molecule has 16 heteroatoms. The third-order valence-electron chi connectivity index (χ3n) is 16.9. The van der Waals surface area contributed by atoms with E-state index in [1.807, 2.05) is 29.2 Å². The van der Waals surface area contributed by atoms with Crippen LogP contribution in [0, 0.1) is 35.0 Å². The molecule has 1 saturated heterocycles. The van der Waals surface area contributed by atoms with Gasteiger partial charge in [0.15, 0.2) is 5.78 Å². The highest BCUT2D eigenvalue weighted by Crippen LogP contribution is 2.66. The zero-order chi connectivity index (χ0) is 46.1. The summed E-state index contributed by atoms with van der Waals surface area (Å²) in [5, 5.41) is 40.7. The number of phenols is 1. The second kappa shape index (κ2) is 17.5. The Balaban J connectivity index is 0.660. The van der Waals surface area contributed by atoms with Crippen LogP contribution in [0.15, 0.2) is 71.1 Å². The molecule has 66 heavy (non-hydrogen) atoms. The normalized spacial score (nSPS) is 32.7. The predicted octanol–water partition coefficient (Wildman–Crippen LogP) is 3.71. The first-order valence-electron chi connectivity index (χ1n) is 23.7. The number of ketones is 2. The van der Waals surface area contributed by atoms with E-state index in [1.165, 1.54) is 16.7 Å². The fourth-order valence-electron chi connectivity index (χ4n) is 13.7. The van der Waals surface area contributed by atoms with Crippen molar-refractivity contribution in [2.75, 3.05) is 52.8 Å². The third kappa shape index (κ3) is 7.43. The summed E-state index contributed by atoms with van der Waals surface area (Å²) in [7, 11) is 0. The van der Waals surface area contributed by atoms with Crippen molar-refractivity contribution in [3.05, 3.63) is 93.5 Å². The smallest absolute Gasteiger partial charge is 0.404 e. The molecular weight excluding hydrogens is 845 g/mol. The molecule has 10 rings (SSSR count). The first-order valence-corrected chi connectivity index (χ1v) is 23.7. The predicted molar refractivity (Wildman–Crippen MR) is 239 cm³/mol. The number of amides is 1. The number of Topliss-reactive ketones (excluding diaryl/α,β-unsaturated/α-hetero) is 2. The fourth-order valence-corrected chi connectivity index (χ4v) is 13.7. The molecule has 0 bridgehead atoms. The molecule has 1 amide bonds. The van der Waals surface area contributed by atoms with Gasteiger partial charge in [-0.1, -0.05) is 30.3 Å². The Morgan fingerprint density at radius 1 is 0.970 bits per heavy atom. The SMILES string of the molecule is CC1=C(CCc2cn(CCOCCOCCOc3ccc([C@H]4C[C@@]5(C)C(CC[C@@H]5O)C5CCc6cc(O)ccc6C54)cc3)nn2)C(=O)C2=C(C1=O)N1CC3[C@@H](N)[C@@H]3[C@]1(CO)[C@@H]2COC(N)=O. The maximum absolute atomic E-state index is 14.2. The number of carbonyl (C=O) groups excluding carboxylic acids is 3. The zero-order valence-corrected chi connectivity index (χ0v) is 37.8. The van der Waals surface area contributed by atoms with Crippen LogP contribution in [0.4, 0.5) is 4.79 Å². The van der Waals surface area contributed by atoms with Gasteiger partial charge in [0, 0.05) is 41.4 Å². The number of nitrogens with two attached hydrogens (primary N) is 2. The second-order valence-electron chi connectivity index (χ2n) is 20.0. The minimum Gasteiger partial charge on any atom is -0.508 e. The molecule has 1 aromatic heterocycles. The topological polar surface area (TPSA) is 235 Å². The van der Waals surface area contributed by atoms with E-state index in [4.69, 9.17) is 30.4 Å². The summed E-state index contributed by atoms with van der Waals surface area (Å²) in [6.07, 6.45) is 6.09. The molecule has 7 aliphatic rings. The Hall–Kier alpha value is -5.13. The number of phenolic OH excluding ortho intramolecular Hbond substituents is 1. The van der Waals surface area contributed by atoms with Crippen LogP contribution >= 0.6 is 0 Å². The Morgan fingerprint density at radius 2 is 1.74 bits per heavy atom. The van der Waals surface area contributed by atoms with Crippen LogP contribution in [-0.2, 0) is 43.2 Å². The highest BCUT2D eigenvalue weighted by molar-refractivity contribution is 6.25. The molecule has 352 valence electrons. The second-order valence-corrected chi connectivity index (χ2v) is 20.0. The highest BCUT2D eigenvalue weighted by Gasteiger charge is 2.74. The summed E-state index contributed by atoms with van der Waals surface area (Å²) < 4.78 is 24.5. The number of carbonyl (C=O) groups is 3. The number of aliphatic hydroxyl groups is 2. The molecule has 4 unspecified atom stereocenters. The molecule has 0 radical (unpaired) electrons. The van der Waals surface area contributed by atoms with Crippen LogP contribution in [0.2, 0.25) is 0 Å². The van der Waals surface area contributed by atoms with E-state index in [-0.39, 0.29) is 77.8 Å². The Labute approximate surface area is 384 Å². The molecule has 3 aromatic rings. The van der Waals surface area contributed by atoms with Gasteiger partial charge in [-0.3, -0.25) is 9.59 Å². The molecule has 2 aromatic carbocycles. The average Bonchev–Trinajstić information content (AvgIpc) is 3.70. The van der Waals surface area contributed by atoms with E-state index in [0.717, 1.165) is 37.9 Å². The molecule has 16 nitrogen and oxygen atoms in total. The van der Waals surface area contributed by atoms with Gasteiger partial charge in [0.25, 0.3) is 0 Å². The number of aliphatic hydroxyl groups excluding tert-OH is 2. The van der Waals surface area contributed by atoms with E-state index in [2.05, 4.69) is 35.4 Å². The number of fused-ring (bicyclic) bond motifs is 9. The van der Waals surface area contributed by atoms with E-state index in [9.17, 15) is 29.7 Å². The van der Waals surface area contributed by atoms with Crippen molar-refractivity contribution in [3.8, 4) is 11.5 Å². The zero-order valence-electron chi connectivity index (χ0n) is 37.8. The van der Waals surface area contributed by atoms with Gasteiger partial charge in [-0.2, -0.15) is 0 Å². The number of primary amides is 1. The number of allylic oxidation sites excluding steroid dienone is 2. The lowest BCUT2D eigenvalue weighted by Crippen LogP contribution is -2.55. The van der Waals surface area contributed by atoms with Crippen LogP contribution < -0.4 is 16.2 Å². The molecule has 7 N–H and O–H groups in total. The molecule has 3 saturated carbocycles. The number of aromatic nitrogens is 3. The molecule has 11 atom stereocenters. The number of hydrogen-bond acceptors (Lipinski definition) is 14. The average molecular weight is 907 g/mol. The summed E-state index contributed by atoms with van der Waals surface area (Å²) in [4.78, 5) is 41.6. The number of rotatable bonds is 17. The van der Waals surface area contributed by atoms with Crippen molar-refractivity contribution in [1.29, 1.82) is 0 Å². The van der Waals surface area contributed by atoms with E-state index in [1.54, 1.807) is 17.8 Å². The largest absolute Gasteiger partial charge is 0.508 e. The Morgan fingerprint density at radius 3 is 2.52 bits per heavy atom. The van der Waals surface area contributed by atoms with Crippen molar-refractivity contribution in [3.63, 3.8) is 0 Å². The summed E-state index contributed by atoms with van der Waals surface area (Å²) in [5.74, 6) is 1.38. The number of aryl methyl sites for hydroxylation is 2. The standard InChI is InChI=1S/C50H62N6O10/c1-27-33(47(61)42-39(25-66-48(52)62)50(26-57)43-37(44(43)51)24-56(50)45(42)46(27)60)11-6-30-23-55(54-53-30)15-16-63-17-18-64-19-20-65-32-8-3-28(4-9-32)36-22-49(2)38(13-14-40(49)59)35-10-5-29-21-31(58)7-12-34(29)41(35)36/h3-4,7-9,12,21,23,35-41,43-44,57-59H,5-6,10-11,13-20,22,24-26,51H2,1-2H3,(H2,52,62)/t35?,36-,37?,38?,39-,40+,41?,43-,44-,49+,50+/m1/s1. The number of piperidine rings is 1. The van der Waals surface area contributed by atoms with Crippen molar-refractivity contribution in [2.24, 2.45) is 46.5 Å². The quantitative estimate of drug-likeness (QED) is 0.0961. The molecule has 2 aliphatic heterocycles. The van der Waals surface area contributed by atoms with Gasteiger partial charge in [0.2, 0.25) is 5.78 Å². The number of hydrogen-bond donors (Lipinski definition) is 5. The Bertz CT molecular complexity index is 2450. The number of aromatic hydroxyl groups is 1. The molecule has 3 heterocycles. The number of nitrogens with zero attached hydrogens (tertiary/aromatic N) is 4. The van der Waals surface area contributed by atoms with Crippen LogP contribution in [0.3, 0.4) is 0 Å². The monoisotopic (exact) mass is 906 g/mol. The van der Waals surface area contributed by atoms with Crippen LogP contribution in [0.5, 0.6) is 11.5 Å². The maximum Gasteiger partial charge on any atom is 0.404 e. The van der Waals surface area contributed by atoms with Gasteiger partial charge in [0.05, 0.1) is 68.5 Å². The molecule has 0 spiro atoms. The van der Waals surface area contributed by atoms with Gasteiger partial charge >= 0.3 is 6.09 Å². The van der Waals surface area contributed by atoms with Gasteiger partial charge in [-0.15, -0.1) is 5.10 Å². The van der Waals surface area contributed by atoms with E-state index < -0.39 is 17.6 Å². The van der Waals surface area contributed by atoms with Gasteiger partial charge < -0.3 is 50.6 Å². The van der Waals surface area contributed by atoms with E-state index >= 15 is 0 Å². The minimum atomic E-state index is -1.01. The van der Waals surface area contributed by atoms with Gasteiger partial charge in [-0.25, -0.2) is 9.48 Å². The van der Waals surface area contributed by atoms with Crippen molar-refractivity contribution < 1.29 is 48.7 Å². The summed E-state index contributed by atoms with van der Waals surface area (Å²) in [5.41, 5.74) is 16.4. The number of ether oxygens (including phenoxy) is 4. The summed E-state index contributed by atoms with van der Waals surface area (Å²) >= 11 is 0. The molecule has 5 aliphatic carbocycles. The minimum absolute atomic E-state index is 0.0806. The van der Waals surface area contributed by atoms with Crippen molar-refractivity contribution in [2.45, 2.75) is 94.9 Å². The Kier molecular flexibility index (Phi) is 11.9. The molecular formula is C50H62N6O10. The first kappa shape index (κ1) is 44.7. The summed E-state index contributed by atoms with van der Waals surface area (Å²) in [6, 6.07) is 14.2. The number of benzene rings is 2. The van der Waals surface area contributed by atoms with E-state index in [0.29, 0.717) is 92.9 Å². The van der Waals surface area contributed by atoms with Crippen LogP contribution in [-0.4, -0.2) is 123 Å². The van der Waals surface area contributed by atoms with Gasteiger partial charge in [0.1, 0.15) is 24.7 Å². The fraction of sp³-hybridized carbons (Fsp3) is 0.580. The lowest BCUT2D eigenvalue weighted by molar-refractivity contribution is -0.117. The van der Waals surface area contributed by atoms with Crippen LogP contribution in [0.1, 0.15) is 80.2 Å². The van der Waals surface area contributed by atoms with Crippen molar-refractivity contribution >= 4 is 17.7 Å². The van der Waals surface area contributed by atoms with Gasteiger partial charge in [-0.05, 0) is 128 Å². The molecule has 4 fully saturated rings. The first-order chi connectivity index (χ1) is 31.8. The lowest BCUT2D eigenvalue weighted by Gasteiger charge is -2.54. The maximum atomic E-state index is 14.2. The van der Waals surface area contributed by atoms with Crippen molar-refractivity contribution in [1.82, 2.24) is 19.9 Å². The summed E-state index contributed by atoms with van der Waals surface area (Å²) in [6.45, 7) is 6.29. The third-order valence-corrected chi connectivity index (χ3v) is 16.9.